The van der Waals surface area contributed by atoms with Crippen molar-refractivity contribution in [2.75, 3.05) is 86.0 Å². The zero-order valence-electron chi connectivity index (χ0n) is 35.4. The number of nitrogens with zero attached hydrogens (tertiary/aromatic N) is 8. The van der Waals surface area contributed by atoms with Gasteiger partial charge in [-0.1, -0.05) is 20.8 Å². The topological polar surface area (TPSA) is 161 Å². The van der Waals surface area contributed by atoms with Gasteiger partial charge in [0.1, 0.15) is 23.1 Å². The smallest absolute Gasteiger partial charge is 0.323 e. The van der Waals surface area contributed by atoms with E-state index in [4.69, 9.17) is 14.3 Å². The van der Waals surface area contributed by atoms with Gasteiger partial charge in [-0.2, -0.15) is 18.7 Å². The van der Waals surface area contributed by atoms with Gasteiger partial charge in [0.05, 0.1) is 12.4 Å². The van der Waals surface area contributed by atoms with Crippen LogP contribution >= 0.6 is 12.4 Å². The molecule has 4 aromatic rings. The minimum Gasteiger partial charge on any atom is -0.542 e. The first-order valence-corrected chi connectivity index (χ1v) is 22.7. The second-order valence-corrected chi connectivity index (χ2v) is 20.6. The van der Waals surface area contributed by atoms with E-state index in [1.165, 1.54) is 50.8 Å². The number of pyridine rings is 4. The van der Waals surface area contributed by atoms with Crippen LogP contribution in [0.4, 0.5) is 59.2 Å². The second-order valence-electron chi connectivity index (χ2n) is 15.9. The summed E-state index contributed by atoms with van der Waals surface area (Å²) >= 11 is 0. The van der Waals surface area contributed by atoms with Gasteiger partial charge in [0.25, 0.3) is 20.2 Å². The van der Waals surface area contributed by atoms with Crippen molar-refractivity contribution in [2.24, 2.45) is 0 Å². The number of anilines is 4. The van der Waals surface area contributed by atoms with Gasteiger partial charge in [0, 0.05) is 77.7 Å². The largest absolute Gasteiger partial charge is 0.542 e. The average molecular weight is 929 g/mol. The summed E-state index contributed by atoms with van der Waals surface area (Å²) in [7, 11) is -1.98. The Morgan fingerprint density at radius 2 is 1.11 bits per heavy atom. The molecule has 4 amide bonds. The molecule has 0 atom stereocenters. The monoisotopic (exact) mass is 928 g/mol. The summed E-state index contributed by atoms with van der Waals surface area (Å²) in [6.07, 6.45) is 5.34. The highest BCUT2D eigenvalue weighted by Crippen LogP contribution is 2.37. The molecule has 15 nitrogen and oxygen atoms in total. The van der Waals surface area contributed by atoms with Crippen LogP contribution in [0.15, 0.2) is 48.8 Å². The molecule has 3 aliphatic rings. The minimum absolute atomic E-state index is 0. The third kappa shape index (κ3) is 13.9. The van der Waals surface area contributed by atoms with E-state index < -0.39 is 49.5 Å². The number of hydrogen-bond acceptors (Lipinski definition) is 11. The Morgan fingerprint density at radius 3 is 1.46 bits per heavy atom. The van der Waals surface area contributed by atoms with Crippen LogP contribution in [0.5, 0.6) is 11.5 Å². The lowest BCUT2D eigenvalue weighted by Gasteiger charge is -2.36. The van der Waals surface area contributed by atoms with E-state index in [2.05, 4.69) is 64.4 Å². The summed E-state index contributed by atoms with van der Waals surface area (Å²) in [6.45, 7) is 14.6. The molecule has 0 radical (unpaired) electrons. The van der Waals surface area contributed by atoms with Crippen LogP contribution in [-0.4, -0.2) is 121 Å². The Balaban J connectivity index is 0.000000250. The lowest BCUT2D eigenvalue weighted by atomic mass is 10.2. The van der Waals surface area contributed by atoms with Gasteiger partial charge in [0.15, 0.2) is 34.9 Å². The minimum atomic E-state index is -1.98. The van der Waals surface area contributed by atoms with Gasteiger partial charge in [0.2, 0.25) is 0 Å². The van der Waals surface area contributed by atoms with E-state index in [1.807, 2.05) is 0 Å². The van der Waals surface area contributed by atoms with E-state index in [0.717, 1.165) is 13.2 Å². The number of ether oxygens (including phenoxy) is 1. The fraction of sp³-hybridized carbons (Fsp3) is 0.450. The first-order valence-electron chi connectivity index (χ1n) is 19.8. The standard InChI is InChI=1S/C21H28F3N5O2Si.C15H14F3N5O2.C4H8O.ClH/c1-21(2,3)32(4,5)31-14-6-7-17(25-13-14)26-20(30)29-10-8-28(9-11-29)19-16(23)12-15(22)18(24)27-19;16-10-7-11(17)14(21-13(10)18)22-3-5-23(6-4-22)15(25)20-12-2-1-9(24)8-19-12;1-2-4-5-3-1;/h6-7,12-13H,8-11H2,1-5H3,(H,25,26,30);1-2,7-8,24H,3-6H2,(H,19,20,25);1-4H2;1H. The summed E-state index contributed by atoms with van der Waals surface area (Å²) in [4.78, 5) is 45.4. The highest BCUT2D eigenvalue weighted by molar-refractivity contribution is 6.74. The molecular weight excluding hydrogens is 878 g/mol. The van der Waals surface area contributed by atoms with E-state index in [0.29, 0.717) is 23.7 Å². The summed E-state index contributed by atoms with van der Waals surface area (Å²) in [5.41, 5.74) is 0. The summed E-state index contributed by atoms with van der Waals surface area (Å²) in [5, 5.41) is 14.5. The molecule has 3 saturated heterocycles. The Hall–Kier alpha value is -5.61. The molecular formula is C40H51ClF6N10O5Si. The number of aromatic hydroxyl groups is 1. The summed E-state index contributed by atoms with van der Waals surface area (Å²) in [5.74, 6) is -6.54. The van der Waals surface area contributed by atoms with E-state index >= 15 is 0 Å². The number of carbonyl (C=O) groups excluding carboxylic acids is 2. The van der Waals surface area contributed by atoms with Gasteiger partial charge in [-0.05, 0) is 55.2 Å². The number of amides is 4. The lowest BCUT2D eigenvalue weighted by Crippen LogP contribution is -2.50. The fourth-order valence-corrected chi connectivity index (χ4v) is 6.88. The first-order chi connectivity index (χ1) is 29.3. The molecule has 63 heavy (non-hydrogen) atoms. The third-order valence-corrected chi connectivity index (χ3v) is 14.8. The molecule has 3 fully saturated rings. The van der Waals surface area contributed by atoms with Gasteiger partial charge in [-0.25, -0.2) is 37.1 Å². The summed E-state index contributed by atoms with van der Waals surface area (Å²) in [6, 6.07) is 6.46. The van der Waals surface area contributed by atoms with E-state index in [1.54, 1.807) is 18.3 Å². The van der Waals surface area contributed by atoms with Gasteiger partial charge in [-0.3, -0.25) is 10.6 Å². The second kappa shape index (κ2) is 22.1. The number of nitrogens with one attached hydrogen (secondary N) is 2. The van der Waals surface area contributed by atoms with Crippen LogP contribution in [0.3, 0.4) is 0 Å². The Bertz CT molecular complexity index is 2130. The molecule has 0 saturated carbocycles. The van der Waals surface area contributed by atoms with Crippen LogP contribution in [0.2, 0.25) is 18.1 Å². The summed E-state index contributed by atoms with van der Waals surface area (Å²) < 4.78 is 91.4. The molecule has 3 N–H and O–H groups in total. The van der Waals surface area contributed by atoms with Crippen molar-refractivity contribution < 1.29 is 50.2 Å². The molecule has 3 aliphatic heterocycles. The van der Waals surface area contributed by atoms with Crippen molar-refractivity contribution in [3.8, 4) is 11.5 Å². The van der Waals surface area contributed by atoms with Crippen LogP contribution < -0.4 is 24.9 Å². The molecule has 0 bridgehead atoms. The number of rotatable bonds is 6. The number of halogens is 7. The zero-order valence-corrected chi connectivity index (χ0v) is 37.3. The molecule has 344 valence electrons. The lowest BCUT2D eigenvalue weighted by molar-refractivity contribution is 0.198. The SMILES string of the molecule is C1CCOC1.CC(C)(C)[Si](C)(C)Oc1ccc(NC(=O)N2CCN(c3nc(F)c(F)cc3F)CC2)nc1.Cl.O=C(Nc1ccc(O)cn1)N1CCN(c2nc(F)c(F)cc2F)CC1. The number of aromatic nitrogens is 4. The quantitative estimate of drug-likeness (QED) is 0.0984. The fourth-order valence-electron chi connectivity index (χ4n) is 5.87. The van der Waals surface area contributed by atoms with Crippen molar-refractivity contribution in [1.29, 1.82) is 0 Å². The van der Waals surface area contributed by atoms with Crippen LogP contribution in [0, 0.1) is 35.2 Å². The van der Waals surface area contributed by atoms with Gasteiger partial charge < -0.3 is 33.9 Å². The van der Waals surface area contributed by atoms with Crippen LogP contribution in [-0.2, 0) is 4.74 Å². The van der Waals surface area contributed by atoms with Crippen LogP contribution in [0.1, 0.15) is 33.6 Å². The predicted molar refractivity (Wildman–Crippen MR) is 229 cm³/mol. The van der Waals surface area contributed by atoms with Gasteiger partial charge in [-0.15, -0.1) is 12.4 Å². The van der Waals surface area contributed by atoms with Crippen molar-refractivity contribution in [1.82, 2.24) is 29.7 Å². The molecule has 7 rings (SSSR count). The molecule has 0 unspecified atom stereocenters. The predicted octanol–water partition coefficient (Wildman–Crippen LogP) is 7.80. The third-order valence-electron chi connectivity index (χ3n) is 10.4. The Labute approximate surface area is 368 Å². The maximum Gasteiger partial charge on any atom is 0.323 e. The zero-order chi connectivity index (χ0) is 45.2. The van der Waals surface area contributed by atoms with Crippen molar-refractivity contribution in [3.05, 3.63) is 84.0 Å². The van der Waals surface area contributed by atoms with Crippen molar-refractivity contribution in [2.45, 2.75) is 51.7 Å². The number of urea groups is 2. The molecule has 0 spiro atoms. The van der Waals surface area contributed by atoms with E-state index in [9.17, 15) is 35.9 Å². The van der Waals surface area contributed by atoms with Crippen molar-refractivity contribution in [3.63, 3.8) is 0 Å². The Morgan fingerprint density at radius 1 is 0.683 bits per heavy atom. The average Bonchev–Trinajstić information content (AvgIpc) is 3.83. The molecule has 4 aromatic heterocycles. The molecule has 7 heterocycles. The Kier molecular flexibility index (Phi) is 17.6. The molecule has 0 aromatic carbocycles. The maximum absolute atomic E-state index is 13.9. The highest BCUT2D eigenvalue weighted by atomic mass is 35.5. The van der Waals surface area contributed by atoms with Crippen molar-refractivity contribution >= 4 is 56.1 Å². The van der Waals surface area contributed by atoms with E-state index in [-0.39, 0.29) is 99.0 Å². The molecule has 0 aliphatic carbocycles. The normalized spacial score (nSPS) is 15.3. The number of hydrogen-bond donors (Lipinski definition) is 3. The maximum atomic E-state index is 13.9. The number of piperazine rings is 2. The molecule has 23 heteroatoms. The number of carbonyl (C=O) groups is 2. The highest BCUT2D eigenvalue weighted by Gasteiger charge is 2.39. The van der Waals surface area contributed by atoms with Gasteiger partial charge >= 0.3 is 12.1 Å². The first kappa shape index (κ1) is 50.0. The van der Waals surface area contributed by atoms with Crippen LogP contribution in [0.25, 0.3) is 0 Å².